The van der Waals surface area contributed by atoms with Crippen molar-refractivity contribution in [1.82, 2.24) is 0 Å². The highest BCUT2D eigenvalue weighted by Crippen LogP contribution is 2.36. The first-order chi connectivity index (χ1) is 4.61. The zero-order valence-corrected chi connectivity index (χ0v) is 9.29. The van der Waals surface area contributed by atoms with Gasteiger partial charge in [0.25, 0.3) is 0 Å². The molecule has 0 saturated heterocycles. The van der Waals surface area contributed by atoms with Crippen LogP contribution in [0.15, 0.2) is 20.6 Å². The van der Waals surface area contributed by atoms with Crippen LogP contribution >= 0.6 is 31.9 Å². The summed E-state index contributed by atoms with van der Waals surface area (Å²) < 4.78 is 2.54. The number of rotatable bonds is 1. The van der Waals surface area contributed by atoms with Gasteiger partial charge in [-0.15, -0.1) is 0 Å². The van der Waals surface area contributed by atoms with Crippen molar-refractivity contribution in [2.24, 2.45) is 5.92 Å². The van der Waals surface area contributed by atoms with E-state index in [2.05, 4.69) is 51.8 Å². The Morgan fingerprint density at radius 1 is 1.40 bits per heavy atom. The van der Waals surface area contributed by atoms with E-state index < -0.39 is 0 Å². The molecule has 1 aliphatic rings. The molecule has 56 valence electrons. The average Bonchev–Trinajstić information content (AvgIpc) is 2.10. The second-order valence-corrected chi connectivity index (χ2v) is 4.67. The van der Waals surface area contributed by atoms with Crippen LogP contribution in [0, 0.1) is 5.92 Å². The van der Waals surface area contributed by atoms with Gasteiger partial charge in [0.1, 0.15) is 0 Å². The molecule has 0 radical (unpaired) electrons. The van der Waals surface area contributed by atoms with E-state index in [4.69, 9.17) is 0 Å². The molecule has 1 rings (SSSR count). The Balaban J connectivity index is 2.76. The molecule has 0 saturated carbocycles. The third-order valence-corrected chi connectivity index (χ3v) is 2.89. The average molecular weight is 266 g/mol. The second kappa shape index (κ2) is 3.22. The lowest BCUT2D eigenvalue weighted by Crippen LogP contribution is -1.91. The van der Waals surface area contributed by atoms with Crippen molar-refractivity contribution in [2.75, 3.05) is 0 Å². The molecular formula is C8H10Br2. The Hall–Kier alpha value is 0.440. The van der Waals surface area contributed by atoms with Gasteiger partial charge in [0.2, 0.25) is 0 Å². The van der Waals surface area contributed by atoms with Gasteiger partial charge in [0.05, 0.1) is 0 Å². The molecule has 0 N–H and O–H groups in total. The topological polar surface area (TPSA) is 0 Å². The maximum Gasteiger partial charge on any atom is 0.0181 e. The highest BCUT2D eigenvalue weighted by Gasteiger charge is 2.14. The lowest BCUT2D eigenvalue weighted by molar-refractivity contribution is 0.751. The smallest absolute Gasteiger partial charge is 0.0181 e. The molecule has 0 atom stereocenters. The molecule has 0 aliphatic heterocycles. The third-order valence-electron chi connectivity index (χ3n) is 1.65. The first-order valence-electron chi connectivity index (χ1n) is 3.36. The van der Waals surface area contributed by atoms with E-state index in [-0.39, 0.29) is 0 Å². The van der Waals surface area contributed by atoms with Crippen molar-refractivity contribution in [3.8, 4) is 0 Å². The Morgan fingerprint density at radius 3 is 2.20 bits per heavy atom. The largest absolute Gasteiger partial charge is 0.0589 e. The lowest BCUT2D eigenvalue weighted by atomic mass is 10.0. The van der Waals surface area contributed by atoms with Gasteiger partial charge in [-0.05, 0) is 17.6 Å². The van der Waals surface area contributed by atoms with Gasteiger partial charge >= 0.3 is 0 Å². The maximum absolute atomic E-state index is 3.52. The SMILES string of the molecule is CC(C)C1=C(Br)C=C(Br)C1. The minimum absolute atomic E-state index is 0.653. The van der Waals surface area contributed by atoms with Gasteiger partial charge in [-0.25, -0.2) is 0 Å². The van der Waals surface area contributed by atoms with E-state index in [0.717, 1.165) is 6.42 Å². The summed E-state index contributed by atoms with van der Waals surface area (Å²) in [6.07, 6.45) is 3.22. The van der Waals surface area contributed by atoms with Gasteiger partial charge in [0, 0.05) is 15.4 Å². The molecule has 0 amide bonds. The van der Waals surface area contributed by atoms with Crippen LogP contribution in [-0.4, -0.2) is 0 Å². The van der Waals surface area contributed by atoms with Crippen molar-refractivity contribution in [3.63, 3.8) is 0 Å². The van der Waals surface area contributed by atoms with Crippen LogP contribution in [0.3, 0.4) is 0 Å². The van der Waals surface area contributed by atoms with Crippen LogP contribution in [0.4, 0.5) is 0 Å². The predicted molar refractivity (Wildman–Crippen MR) is 52.4 cm³/mol. The summed E-state index contributed by atoms with van der Waals surface area (Å²) in [5.74, 6) is 0.653. The van der Waals surface area contributed by atoms with Crippen molar-refractivity contribution >= 4 is 31.9 Å². The summed E-state index contributed by atoms with van der Waals surface area (Å²) in [5.41, 5.74) is 1.49. The third kappa shape index (κ3) is 1.73. The summed E-state index contributed by atoms with van der Waals surface area (Å²) in [6.45, 7) is 4.44. The van der Waals surface area contributed by atoms with E-state index in [0.29, 0.717) is 5.92 Å². The quantitative estimate of drug-likeness (QED) is 0.673. The summed E-state index contributed by atoms with van der Waals surface area (Å²) in [4.78, 5) is 0. The summed E-state index contributed by atoms with van der Waals surface area (Å²) in [6, 6.07) is 0. The van der Waals surface area contributed by atoms with Crippen LogP contribution in [0.25, 0.3) is 0 Å². The van der Waals surface area contributed by atoms with Gasteiger partial charge < -0.3 is 0 Å². The first-order valence-corrected chi connectivity index (χ1v) is 4.94. The van der Waals surface area contributed by atoms with E-state index in [1.165, 1.54) is 14.5 Å². The van der Waals surface area contributed by atoms with Crippen LogP contribution in [0.2, 0.25) is 0 Å². The molecule has 0 aromatic carbocycles. The van der Waals surface area contributed by atoms with E-state index in [1.54, 1.807) is 0 Å². The highest BCUT2D eigenvalue weighted by atomic mass is 79.9. The molecule has 0 nitrogen and oxygen atoms in total. The Kier molecular flexibility index (Phi) is 2.75. The number of hydrogen-bond donors (Lipinski definition) is 0. The summed E-state index contributed by atoms with van der Waals surface area (Å²) in [5, 5.41) is 0. The van der Waals surface area contributed by atoms with Crippen LogP contribution in [-0.2, 0) is 0 Å². The van der Waals surface area contributed by atoms with Crippen molar-refractivity contribution < 1.29 is 0 Å². The van der Waals surface area contributed by atoms with Crippen molar-refractivity contribution in [3.05, 3.63) is 20.6 Å². The molecule has 0 spiro atoms. The predicted octanol–water partition coefficient (Wildman–Crippen LogP) is 3.97. The van der Waals surface area contributed by atoms with Crippen molar-refractivity contribution in [2.45, 2.75) is 20.3 Å². The maximum atomic E-state index is 3.52. The fourth-order valence-corrected chi connectivity index (χ4v) is 2.74. The van der Waals surface area contributed by atoms with Gasteiger partial charge in [-0.3, -0.25) is 0 Å². The van der Waals surface area contributed by atoms with E-state index in [9.17, 15) is 0 Å². The van der Waals surface area contributed by atoms with Crippen LogP contribution in [0.1, 0.15) is 20.3 Å². The van der Waals surface area contributed by atoms with Gasteiger partial charge in [-0.1, -0.05) is 45.7 Å². The molecule has 0 heterocycles. The number of allylic oxidation sites excluding steroid dienone is 4. The van der Waals surface area contributed by atoms with E-state index >= 15 is 0 Å². The number of hydrogen-bond acceptors (Lipinski definition) is 0. The molecular weight excluding hydrogens is 256 g/mol. The Morgan fingerprint density at radius 2 is 2.00 bits per heavy atom. The number of halogens is 2. The monoisotopic (exact) mass is 264 g/mol. The normalized spacial score (nSPS) is 18.7. The molecule has 0 bridgehead atoms. The van der Waals surface area contributed by atoms with Gasteiger partial charge in [0.15, 0.2) is 0 Å². The van der Waals surface area contributed by atoms with Crippen LogP contribution in [0.5, 0.6) is 0 Å². The zero-order chi connectivity index (χ0) is 7.72. The van der Waals surface area contributed by atoms with Crippen LogP contribution < -0.4 is 0 Å². The molecule has 1 aliphatic carbocycles. The highest BCUT2D eigenvalue weighted by molar-refractivity contribution is 9.12. The zero-order valence-electron chi connectivity index (χ0n) is 6.12. The Labute approximate surface area is 78.6 Å². The summed E-state index contributed by atoms with van der Waals surface area (Å²) >= 11 is 7.00. The molecule has 0 aromatic heterocycles. The van der Waals surface area contributed by atoms with Gasteiger partial charge in [-0.2, -0.15) is 0 Å². The molecule has 0 unspecified atom stereocenters. The minimum atomic E-state index is 0.653. The fourth-order valence-electron chi connectivity index (χ4n) is 1.03. The summed E-state index contributed by atoms with van der Waals surface area (Å²) in [7, 11) is 0. The molecule has 0 aromatic rings. The fraction of sp³-hybridized carbons (Fsp3) is 0.500. The van der Waals surface area contributed by atoms with Crippen molar-refractivity contribution in [1.29, 1.82) is 0 Å². The minimum Gasteiger partial charge on any atom is -0.0589 e. The van der Waals surface area contributed by atoms with E-state index in [1.807, 2.05) is 0 Å². The molecule has 2 heteroatoms. The first kappa shape index (κ1) is 8.54. The Bertz CT molecular complexity index is 199. The lowest BCUT2D eigenvalue weighted by Gasteiger charge is -2.06. The molecule has 10 heavy (non-hydrogen) atoms. The standard InChI is InChI=1S/C8H10Br2/c1-5(2)7-3-6(9)4-8(7)10/h4-5H,3H2,1-2H3. The second-order valence-electron chi connectivity index (χ2n) is 2.80. The molecule has 0 fully saturated rings.